The van der Waals surface area contributed by atoms with Gasteiger partial charge in [-0.15, -0.1) is 0 Å². The summed E-state index contributed by atoms with van der Waals surface area (Å²) < 4.78 is 34.7. The van der Waals surface area contributed by atoms with Crippen molar-refractivity contribution in [3.63, 3.8) is 0 Å². The van der Waals surface area contributed by atoms with E-state index in [1.165, 1.54) is 0 Å². The van der Waals surface area contributed by atoms with Crippen LogP contribution in [0.3, 0.4) is 0 Å². The molecule has 0 bridgehead atoms. The zero-order valence-corrected chi connectivity index (χ0v) is 20.8. The predicted octanol–water partition coefficient (Wildman–Crippen LogP) is 4.60. The number of carbonyl (C=O) groups excluding carboxylic acids is 1. The number of nitrogens with zero attached hydrogens (tertiary/aromatic N) is 4. The Labute approximate surface area is 213 Å². The van der Waals surface area contributed by atoms with E-state index in [1.807, 2.05) is 13.0 Å². The number of aromatic nitrogens is 3. The monoisotopic (exact) mass is 518 g/mol. The highest BCUT2D eigenvalue weighted by Gasteiger charge is 2.37. The Morgan fingerprint density at radius 1 is 1.28 bits per heavy atom. The van der Waals surface area contributed by atoms with Crippen molar-refractivity contribution in [2.24, 2.45) is 0 Å². The van der Waals surface area contributed by atoms with E-state index in [-0.39, 0.29) is 30.2 Å². The molecule has 1 amide bonds. The lowest BCUT2D eigenvalue weighted by Gasteiger charge is -2.38. The Bertz CT molecular complexity index is 1270. The van der Waals surface area contributed by atoms with Crippen molar-refractivity contribution in [3.8, 4) is 0 Å². The molecule has 1 N–H and O–H groups in total. The first-order valence-corrected chi connectivity index (χ1v) is 12.6. The largest absolute Gasteiger partial charge is 0.380 e. The molecule has 192 valence electrons. The number of amides is 1. The number of pyridine rings is 1. The average Bonchev–Trinajstić information content (AvgIpc) is 3.34. The van der Waals surface area contributed by atoms with Crippen molar-refractivity contribution in [2.45, 2.75) is 56.9 Å². The Morgan fingerprint density at radius 3 is 2.81 bits per heavy atom. The van der Waals surface area contributed by atoms with Crippen molar-refractivity contribution in [1.82, 2.24) is 19.7 Å². The van der Waals surface area contributed by atoms with E-state index in [0.717, 1.165) is 24.8 Å². The SMILES string of the molecule is C[C@H]1c2cccc(C(O)(CF)CF)c2CCN1C(=O)Cc1c(Cl)cnc2c1cnn2C1CCCCO1. The molecule has 10 heteroatoms. The van der Waals surface area contributed by atoms with Crippen molar-refractivity contribution in [2.75, 3.05) is 26.5 Å². The molecule has 2 aliphatic heterocycles. The minimum Gasteiger partial charge on any atom is -0.380 e. The molecule has 1 fully saturated rings. The first kappa shape index (κ1) is 25.0. The smallest absolute Gasteiger partial charge is 0.227 e. The van der Waals surface area contributed by atoms with Gasteiger partial charge in [-0.3, -0.25) is 4.79 Å². The highest BCUT2D eigenvalue weighted by atomic mass is 35.5. The van der Waals surface area contributed by atoms with Gasteiger partial charge < -0.3 is 14.7 Å². The number of fused-ring (bicyclic) bond motifs is 2. The van der Waals surface area contributed by atoms with Gasteiger partial charge in [-0.25, -0.2) is 18.4 Å². The molecule has 4 heterocycles. The number of benzene rings is 1. The molecule has 1 aromatic carbocycles. The molecule has 0 spiro atoms. The number of ether oxygens (including phenoxy) is 1. The molecule has 7 nitrogen and oxygen atoms in total. The average molecular weight is 519 g/mol. The molecule has 0 radical (unpaired) electrons. The summed E-state index contributed by atoms with van der Waals surface area (Å²) in [5, 5.41) is 16.1. The van der Waals surface area contributed by atoms with Crippen LogP contribution in [-0.2, 0) is 28.0 Å². The van der Waals surface area contributed by atoms with E-state index in [2.05, 4.69) is 10.1 Å². The summed E-state index contributed by atoms with van der Waals surface area (Å²) in [5.41, 5.74) is 0.846. The zero-order chi connectivity index (χ0) is 25.4. The number of carbonyl (C=O) groups is 1. The maximum absolute atomic E-state index is 13.5. The second kappa shape index (κ2) is 10.0. The number of aliphatic hydroxyl groups is 1. The van der Waals surface area contributed by atoms with Gasteiger partial charge in [0.15, 0.2) is 11.9 Å². The third-order valence-corrected chi connectivity index (χ3v) is 7.76. The zero-order valence-electron chi connectivity index (χ0n) is 20.1. The lowest BCUT2D eigenvalue weighted by molar-refractivity contribution is -0.133. The van der Waals surface area contributed by atoms with Crippen LogP contribution < -0.4 is 0 Å². The van der Waals surface area contributed by atoms with Gasteiger partial charge in [-0.05, 0) is 54.9 Å². The molecule has 2 atom stereocenters. The minimum absolute atomic E-state index is 0.0628. The lowest BCUT2D eigenvalue weighted by Crippen LogP contribution is -2.41. The highest BCUT2D eigenvalue weighted by Crippen LogP contribution is 2.37. The molecule has 36 heavy (non-hydrogen) atoms. The van der Waals surface area contributed by atoms with Crippen molar-refractivity contribution < 1.29 is 23.4 Å². The van der Waals surface area contributed by atoms with Gasteiger partial charge in [0.25, 0.3) is 0 Å². The van der Waals surface area contributed by atoms with E-state index < -0.39 is 19.0 Å². The van der Waals surface area contributed by atoms with Crippen LogP contribution in [0, 0.1) is 0 Å². The number of rotatable bonds is 6. The van der Waals surface area contributed by atoms with Crippen molar-refractivity contribution in [3.05, 3.63) is 57.9 Å². The van der Waals surface area contributed by atoms with Crippen LogP contribution in [0.4, 0.5) is 8.78 Å². The molecule has 1 saturated heterocycles. The fourth-order valence-corrected chi connectivity index (χ4v) is 5.62. The lowest BCUT2D eigenvalue weighted by atomic mass is 9.83. The van der Waals surface area contributed by atoms with Gasteiger partial charge in [-0.1, -0.05) is 29.8 Å². The highest BCUT2D eigenvalue weighted by molar-refractivity contribution is 6.32. The third-order valence-electron chi connectivity index (χ3n) is 7.44. The summed E-state index contributed by atoms with van der Waals surface area (Å²) in [5.74, 6) is -0.124. The van der Waals surface area contributed by atoms with Crippen molar-refractivity contribution in [1.29, 1.82) is 0 Å². The molecule has 0 saturated carbocycles. The Kier molecular flexibility index (Phi) is 6.98. The number of hydrogen-bond donors (Lipinski definition) is 1. The molecule has 5 rings (SSSR count). The molecular weight excluding hydrogens is 490 g/mol. The summed E-state index contributed by atoms with van der Waals surface area (Å²) in [6.07, 6.45) is 6.42. The van der Waals surface area contributed by atoms with Crippen LogP contribution in [0.1, 0.15) is 60.7 Å². The van der Waals surface area contributed by atoms with Crippen LogP contribution in [0.5, 0.6) is 0 Å². The topological polar surface area (TPSA) is 80.5 Å². The van der Waals surface area contributed by atoms with Crippen LogP contribution >= 0.6 is 11.6 Å². The number of alkyl halides is 2. The number of halogens is 3. The Balaban J connectivity index is 1.42. The fraction of sp³-hybridized carbons (Fsp3) is 0.500. The minimum atomic E-state index is -2.17. The summed E-state index contributed by atoms with van der Waals surface area (Å²) in [7, 11) is 0. The van der Waals surface area contributed by atoms with Crippen LogP contribution in [-0.4, -0.2) is 57.2 Å². The molecular formula is C26H29ClF2N4O3. The fourth-order valence-electron chi connectivity index (χ4n) is 5.41. The van der Waals surface area contributed by atoms with E-state index in [0.29, 0.717) is 46.8 Å². The summed E-state index contributed by atoms with van der Waals surface area (Å²) in [6, 6.07) is 4.73. The van der Waals surface area contributed by atoms with Crippen LogP contribution in [0.25, 0.3) is 11.0 Å². The third kappa shape index (κ3) is 4.27. The first-order chi connectivity index (χ1) is 17.4. The van der Waals surface area contributed by atoms with Gasteiger partial charge in [0.1, 0.15) is 19.0 Å². The van der Waals surface area contributed by atoms with Gasteiger partial charge in [0.2, 0.25) is 5.91 Å². The van der Waals surface area contributed by atoms with E-state index in [4.69, 9.17) is 16.3 Å². The van der Waals surface area contributed by atoms with Crippen LogP contribution in [0.15, 0.2) is 30.6 Å². The quantitative estimate of drug-likeness (QED) is 0.516. The van der Waals surface area contributed by atoms with E-state index in [9.17, 15) is 18.7 Å². The van der Waals surface area contributed by atoms with E-state index in [1.54, 1.807) is 34.1 Å². The molecule has 3 aromatic rings. The van der Waals surface area contributed by atoms with Gasteiger partial charge in [0.05, 0.1) is 23.7 Å². The van der Waals surface area contributed by atoms with Gasteiger partial charge in [0, 0.05) is 24.7 Å². The van der Waals surface area contributed by atoms with Gasteiger partial charge in [-0.2, -0.15) is 5.10 Å². The standard InChI is InChI=1S/C26H29ClF2N4O3/c1-16-17-5-4-6-21(26(35,14-28)15-29)18(17)8-9-32(16)23(34)11-19-20-12-31-33(24-7-2-3-10-36-24)25(20)30-13-22(19)27/h4-6,12-13,16,24,35H,2-3,7-11,14-15H2,1H3/t16-,24?/m0/s1. The Hall–Kier alpha value is -2.62. The predicted molar refractivity (Wildman–Crippen MR) is 131 cm³/mol. The summed E-state index contributed by atoms with van der Waals surface area (Å²) in [6.45, 7) is 0.487. The molecule has 2 aliphatic rings. The number of hydrogen-bond acceptors (Lipinski definition) is 5. The molecule has 1 unspecified atom stereocenters. The molecule has 2 aromatic heterocycles. The van der Waals surface area contributed by atoms with Gasteiger partial charge >= 0.3 is 0 Å². The summed E-state index contributed by atoms with van der Waals surface area (Å²) in [4.78, 5) is 19.7. The maximum atomic E-state index is 13.5. The maximum Gasteiger partial charge on any atom is 0.227 e. The summed E-state index contributed by atoms with van der Waals surface area (Å²) >= 11 is 6.50. The van der Waals surface area contributed by atoms with E-state index >= 15 is 0 Å². The second-order valence-electron chi connectivity index (χ2n) is 9.59. The van der Waals surface area contributed by atoms with Crippen LogP contribution in [0.2, 0.25) is 5.02 Å². The normalized spacial score (nSPS) is 20.5. The molecule has 0 aliphatic carbocycles. The first-order valence-electron chi connectivity index (χ1n) is 12.3. The van der Waals surface area contributed by atoms with Crippen molar-refractivity contribution >= 4 is 28.5 Å². The Morgan fingerprint density at radius 2 is 2.08 bits per heavy atom. The second-order valence-corrected chi connectivity index (χ2v) is 10.0.